The Labute approximate surface area is 107 Å². The lowest BCUT2D eigenvalue weighted by Crippen LogP contribution is -2.26. The molecule has 0 unspecified atom stereocenters. The summed E-state index contributed by atoms with van der Waals surface area (Å²) < 4.78 is 5.78. The third kappa shape index (κ3) is 5.35. The van der Waals surface area contributed by atoms with Crippen molar-refractivity contribution in [3.63, 3.8) is 0 Å². The summed E-state index contributed by atoms with van der Waals surface area (Å²) in [6, 6.07) is 7.38. The van der Waals surface area contributed by atoms with Gasteiger partial charge in [-0.2, -0.15) is 0 Å². The Balaban J connectivity index is 2.29. The second kappa shape index (κ2) is 6.90. The van der Waals surface area contributed by atoms with Crippen LogP contribution in [0.1, 0.15) is 12.0 Å². The van der Waals surface area contributed by atoms with Crippen LogP contribution in [0.25, 0.3) is 0 Å². The molecule has 0 saturated heterocycles. The molecular formula is C11H12BrNO4. The third-order valence-corrected chi connectivity index (χ3v) is 2.70. The number of alkyl carbamates (subject to hydrolysis) is 1. The molecule has 0 atom stereocenters. The Kier molecular flexibility index (Phi) is 5.48. The Morgan fingerprint density at radius 2 is 2.06 bits per heavy atom. The van der Waals surface area contributed by atoms with Crippen LogP contribution in [0.15, 0.2) is 28.7 Å². The Morgan fingerprint density at radius 3 is 2.71 bits per heavy atom. The standard InChI is InChI=1S/C11H12BrNO4/c12-9-4-2-1-3-8(9)7-17-11(16)13-6-5-10(14)15/h1-4H,5-7H2,(H,13,16)(H,14,15). The topological polar surface area (TPSA) is 75.6 Å². The molecule has 1 rings (SSSR count). The maximum atomic E-state index is 11.2. The van der Waals surface area contributed by atoms with E-state index in [0.29, 0.717) is 0 Å². The molecule has 92 valence electrons. The van der Waals surface area contributed by atoms with Crippen molar-refractivity contribution in [2.45, 2.75) is 13.0 Å². The quantitative estimate of drug-likeness (QED) is 0.874. The number of hydrogen-bond donors (Lipinski definition) is 2. The van der Waals surface area contributed by atoms with Gasteiger partial charge in [0.25, 0.3) is 0 Å². The lowest BCUT2D eigenvalue weighted by atomic mass is 10.2. The summed E-state index contributed by atoms with van der Waals surface area (Å²) in [7, 11) is 0. The molecule has 6 heteroatoms. The van der Waals surface area contributed by atoms with Gasteiger partial charge in [0.1, 0.15) is 6.61 Å². The second-order valence-electron chi connectivity index (χ2n) is 3.24. The van der Waals surface area contributed by atoms with E-state index in [0.717, 1.165) is 10.0 Å². The zero-order chi connectivity index (χ0) is 12.7. The molecule has 0 radical (unpaired) electrons. The van der Waals surface area contributed by atoms with Crippen LogP contribution in [0.2, 0.25) is 0 Å². The fourth-order valence-corrected chi connectivity index (χ4v) is 1.48. The largest absolute Gasteiger partial charge is 0.481 e. The molecule has 0 aromatic heterocycles. The molecule has 0 aliphatic rings. The number of halogens is 1. The maximum absolute atomic E-state index is 11.2. The number of ether oxygens (including phenoxy) is 1. The lowest BCUT2D eigenvalue weighted by Gasteiger charge is -2.07. The fraction of sp³-hybridized carbons (Fsp3) is 0.273. The maximum Gasteiger partial charge on any atom is 0.407 e. The summed E-state index contributed by atoms with van der Waals surface area (Å²) in [5.41, 5.74) is 0.848. The SMILES string of the molecule is O=C(O)CCNC(=O)OCc1ccccc1Br. The number of amides is 1. The highest BCUT2D eigenvalue weighted by Gasteiger charge is 2.05. The van der Waals surface area contributed by atoms with Crippen LogP contribution in [0.5, 0.6) is 0 Å². The number of aliphatic carboxylic acids is 1. The number of hydrogen-bond acceptors (Lipinski definition) is 3. The molecule has 1 aromatic rings. The minimum absolute atomic E-state index is 0.0596. The van der Waals surface area contributed by atoms with Gasteiger partial charge in [0.05, 0.1) is 6.42 Å². The first-order chi connectivity index (χ1) is 8.09. The summed E-state index contributed by atoms with van der Waals surface area (Å²) >= 11 is 3.33. The van der Waals surface area contributed by atoms with Gasteiger partial charge in [0, 0.05) is 16.6 Å². The second-order valence-corrected chi connectivity index (χ2v) is 4.09. The van der Waals surface area contributed by atoms with Gasteiger partial charge >= 0.3 is 12.1 Å². The van der Waals surface area contributed by atoms with Gasteiger partial charge < -0.3 is 15.2 Å². The summed E-state index contributed by atoms with van der Waals surface area (Å²) in [6.45, 7) is 0.199. The van der Waals surface area contributed by atoms with Crippen molar-refractivity contribution < 1.29 is 19.4 Å². The number of rotatable bonds is 5. The van der Waals surface area contributed by atoms with Crippen molar-refractivity contribution >= 4 is 28.0 Å². The van der Waals surface area contributed by atoms with Crippen molar-refractivity contribution in [1.29, 1.82) is 0 Å². The third-order valence-electron chi connectivity index (χ3n) is 1.92. The number of benzene rings is 1. The summed E-state index contributed by atoms with van der Waals surface area (Å²) in [5.74, 6) is -0.962. The van der Waals surface area contributed by atoms with E-state index in [4.69, 9.17) is 9.84 Å². The Morgan fingerprint density at radius 1 is 1.35 bits per heavy atom. The van der Waals surface area contributed by atoms with Crippen LogP contribution in [-0.4, -0.2) is 23.7 Å². The van der Waals surface area contributed by atoms with Gasteiger partial charge in [-0.05, 0) is 6.07 Å². The minimum atomic E-state index is -0.962. The first-order valence-electron chi connectivity index (χ1n) is 4.95. The van der Waals surface area contributed by atoms with Gasteiger partial charge in [-0.1, -0.05) is 34.1 Å². The van der Waals surface area contributed by atoms with Crippen LogP contribution in [0.4, 0.5) is 4.79 Å². The number of carbonyl (C=O) groups excluding carboxylic acids is 1. The predicted molar refractivity (Wildman–Crippen MR) is 64.6 cm³/mol. The molecule has 0 aliphatic heterocycles. The molecule has 1 aromatic carbocycles. The highest BCUT2D eigenvalue weighted by Crippen LogP contribution is 2.16. The van der Waals surface area contributed by atoms with Gasteiger partial charge in [0.2, 0.25) is 0 Å². The van der Waals surface area contributed by atoms with Crippen molar-refractivity contribution in [1.82, 2.24) is 5.32 Å². The minimum Gasteiger partial charge on any atom is -0.481 e. The van der Waals surface area contributed by atoms with Gasteiger partial charge in [0.15, 0.2) is 0 Å². The van der Waals surface area contributed by atoms with E-state index in [2.05, 4.69) is 21.2 Å². The van der Waals surface area contributed by atoms with Gasteiger partial charge in [-0.15, -0.1) is 0 Å². The van der Waals surface area contributed by atoms with Crippen LogP contribution in [-0.2, 0) is 16.1 Å². The first kappa shape index (κ1) is 13.5. The van der Waals surface area contributed by atoms with E-state index in [-0.39, 0.29) is 19.6 Å². The molecule has 0 heterocycles. The molecule has 0 spiro atoms. The van der Waals surface area contributed by atoms with Crippen LogP contribution in [0, 0.1) is 0 Å². The average Bonchev–Trinajstić information content (AvgIpc) is 2.27. The zero-order valence-electron chi connectivity index (χ0n) is 8.98. The van der Waals surface area contributed by atoms with Crippen molar-refractivity contribution in [2.75, 3.05) is 6.54 Å². The predicted octanol–water partition coefficient (Wildman–Crippen LogP) is 2.15. The monoisotopic (exact) mass is 301 g/mol. The molecule has 0 aliphatic carbocycles. The normalized spacial score (nSPS) is 9.71. The summed E-state index contributed by atoms with van der Waals surface area (Å²) in [4.78, 5) is 21.4. The van der Waals surface area contributed by atoms with E-state index in [9.17, 15) is 9.59 Å². The van der Waals surface area contributed by atoms with Crippen LogP contribution < -0.4 is 5.32 Å². The van der Waals surface area contributed by atoms with Crippen molar-refractivity contribution in [3.05, 3.63) is 34.3 Å². The summed E-state index contributed by atoms with van der Waals surface area (Å²) in [6.07, 6.45) is -0.744. The molecule has 1 amide bonds. The number of carboxylic acid groups (broad SMARTS) is 1. The van der Waals surface area contributed by atoms with E-state index < -0.39 is 12.1 Å². The first-order valence-corrected chi connectivity index (χ1v) is 5.74. The van der Waals surface area contributed by atoms with E-state index in [1.165, 1.54) is 0 Å². The molecule has 0 fully saturated rings. The van der Waals surface area contributed by atoms with E-state index in [1.54, 1.807) is 0 Å². The summed E-state index contributed by atoms with van der Waals surface area (Å²) in [5, 5.41) is 10.7. The van der Waals surface area contributed by atoms with Gasteiger partial charge in [-0.25, -0.2) is 4.79 Å². The average molecular weight is 302 g/mol. The highest BCUT2D eigenvalue weighted by molar-refractivity contribution is 9.10. The van der Waals surface area contributed by atoms with Crippen LogP contribution >= 0.6 is 15.9 Å². The van der Waals surface area contributed by atoms with E-state index in [1.807, 2.05) is 24.3 Å². The Hall–Kier alpha value is -1.56. The zero-order valence-corrected chi connectivity index (χ0v) is 10.6. The molecular weight excluding hydrogens is 290 g/mol. The molecule has 17 heavy (non-hydrogen) atoms. The highest BCUT2D eigenvalue weighted by atomic mass is 79.9. The molecule has 2 N–H and O–H groups in total. The smallest absolute Gasteiger partial charge is 0.407 e. The van der Waals surface area contributed by atoms with E-state index >= 15 is 0 Å². The van der Waals surface area contributed by atoms with Crippen LogP contribution in [0.3, 0.4) is 0 Å². The molecule has 0 saturated carbocycles. The van der Waals surface area contributed by atoms with Gasteiger partial charge in [-0.3, -0.25) is 4.79 Å². The molecule has 5 nitrogen and oxygen atoms in total. The van der Waals surface area contributed by atoms with Crippen molar-refractivity contribution in [2.24, 2.45) is 0 Å². The van der Waals surface area contributed by atoms with Crippen molar-refractivity contribution in [3.8, 4) is 0 Å². The number of carboxylic acids is 1. The lowest BCUT2D eigenvalue weighted by molar-refractivity contribution is -0.136. The molecule has 0 bridgehead atoms. The number of carbonyl (C=O) groups is 2. The fourth-order valence-electron chi connectivity index (χ4n) is 1.08. The number of nitrogens with one attached hydrogen (secondary N) is 1. The Bertz CT molecular complexity index is 408.